The Kier molecular flexibility index (Phi) is 32.4. The number of hydrogen-bond donors (Lipinski definition) is 10. The molecular weight excluding hydrogens is 1260 g/mol. The fraction of sp³-hybridized carbons (Fsp3) is 0.492. The van der Waals surface area contributed by atoms with Crippen LogP contribution in [0, 0.1) is 0 Å². The summed E-state index contributed by atoms with van der Waals surface area (Å²) in [4.78, 5) is 129. The van der Waals surface area contributed by atoms with E-state index in [4.69, 9.17) is 28.4 Å². The van der Waals surface area contributed by atoms with Gasteiger partial charge in [-0.2, -0.15) is 0 Å². The second-order valence-electron chi connectivity index (χ2n) is 22.2. The lowest BCUT2D eigenvalue weighted by atomic mass is 10.3. The second-order valence-corrected chi connectivity index (χ2v) is 22.2. The Morgan fingerprint density at radius 3 is 1.38 bits per heavy atom. The first-order valence-electron chi connectivity index (χ1n) is 31.7. The summed E-state index contributed by atoms with van der Waals surface area (Å²) in [6.07, 6.45) is 10.7. The van der Waals surface area contributed by atoms with Crippen molar-refractivity contribution in [2.24, 2.45) is 35.2 Å². The number of ether oxygens (including phenoxy) is 6. The highest BCUT2D eigenvalue weighted by atomic mass is 16.6. The third-order valence-corrected chi connectivity index (χ3v) is 14.1. The van der Waals surface area contributed by atoms with Gasteiger partial charge in [0.15, 0.2) is 17.5 Å². The summed E-state index contributed by atoms with van der Waals surface area (Å²) < 4.78 is 40.8. The molecule has 97 heavy (non-hydrogen) atoms. The molecule has 0 saturated carbocycles. The Hall–Kier alpha value is -9.84. The number of aryl methyl sites for hydroxylation is 5. The largest absolute Gasteiger partial charge is 0.491 e. The molecule has 0 aliphatic carbocycles. The molecule has 0 aliphatic rings. The monoisotopic (exact) mass is 1350 g/mol. The van der Waals surface area contributed by atoms with Crippen LogP contribution >= 0.6 is 0 Å². The number of carbonyl (C=O) groups excluding carboxylic acids is 9. The summed E-state index contributed by atoms with van der Waals surface area (Å²) in [5, 5.41) is 27.6. The quantitative estimate of drug-likeness (QED) is 0.0240. The van der Waals surface area contributed by atoms with Gasteiger partial charge < -0.3 is 109 Å². The van der Waals surface area contributed by atoms with E-state index in [9.17, 15) is 43.2 Å². The minimum absolute atomic E-state index is 0.0175. The molecule has 34 nitrogen and oxygen atoms in total. The number of nitrogens with zero attached hydrogens (tertiary/aromatic N) is 9. The Balaban J connectivity index is 0.716. The van der Waals surface area contributed by atoms with Crippen LogP contribution in [0.4, 0.5) is 28.7 Å². The van der Waals surface area contributed by atoms with Gasteiger partial charge in [-0.25, -0.2) is 15.0 Å². The normalized spacial score (nSPS) is 11.1. The van der Waals surface area contributed by atoms with Crippen molar-refractivity contribution < 1.29 is 71.6 Å². The SMILES string of the molecule is CC(=O)Nc1ccc(OCCOCCOCCOCCOCCOCCNCCCN(C)CCCNC(=O)CCNC(=O)c2nc(NC(=O)CCNC(=O)c3cc(NC(=O)c4nc(NC(=O)CCNC(=O)c5cc(NC(=O)c6nccn6C)cn5C)cn4C)cn3C)cn2C)cc1. The zero-order chi connectivity index (χ0) is 69.9. The van der Waals surface area contributed by atoms with Crippen molar-refractivity contribution >= 4 is 81.9 Å². The Morgan fingerprint density at radius 2 is 0.887 bits per heavy atom. The first-order chi connectivity index (χ1) is 46.7. The van der Waals surface area contributed by atoms with Crippen LogP contribution < -0.4 is 57.9 Å². The number of anilines is 5. The molecule has 6 aromatic rings. The molecule has 1 aromatic carbocycles. The van der Waals surface area contributed by atoms with Gasteiger partial charge in [-0.1, -0.05) is 0 Å². The number of rotatable bonds is 46. The molecule has 0 saturated heterocycles. The Bertz CT molecular complexity index is 3520. The molecule has 0 unspecified atom stereocenters. The highest BCUT2D eigenvalue weighted by Crippen LogP contribution is 2.18. The van der Waals surface area contributed by atoms with Crippen molar-refractivity contribution in [1.82, 2.24) is 69.3 Å². The van der Waals surface area contributed by atoms with E-state index < -0.39 is 41.4 Å². The highest BCUT2D eigenvalue weighted by molar-refractivity contribution is 6.05. The lowest BCUT2D eigenvalue weighted by Gasteiger charge is -2.17. The number of amides is 9. The fourth-order valence-electron chi connectivity index (χ4n) is 9.25. The summed E-state index contributed by atoms with van der Waals surface area (Å²) in [5.74, 6) is -2.82. The van der Waals surface area contributed by atoms with E-state index in [0.717, 1.165) is 39.0 Å². The van der Waals surface area contributed by atoms with Crippen LogP contribution in [0.5, 0.6) is 5.75 Å². The van der Waals surface area contributed by atoms with Crippen molar-refractivity contribution in [3.63, 3.8) is 0 Å². The third-order valence-electron chi connectivity index (χ3n) is 14.1. The van der Waals surface area contributed by atoms with Crippen molar-refractivity contribution in [2.75, 3.05) is 159 Å². The van der Waals surface area contributed by atoms with E-state index in [1.807, 2.05) is 7.05 Å². The molecule has 0 aliphatic heterocycles. The van der Waals surface area contributed by atoms with Gasteiger partial charge in [-0.3, -0.25) is 43.2 Å². The van der Waals surface area contributed by atoms with Gasteiger partial charge in [0.25, 0.3) is 29.5 Å². The topological polar surface area (TPSA) is 396 Å². The third kappa shape index (κ3) is 27.8. The Labute approximate surface area is 561 Å². The first-order valence-corrected chi connectivity index (χ1v) is 31.7. The van der Waals surface area contributed by atoms with E-state index in [-0.39, 0.29) is 96.9 Å². The zero-order valence-electron chi connectivity index (χ0n) is 56.0. The predicted molar refractivity (Wildman–Crippen MR) is 357 cm³/mol. The van der Waals surface area contributed by atoms with E-state index >= 15 is 0 Å². The summed E-state index contributed by atoms with van der Waals surface area (Å²) in [7, 11) is 10.1. The van der Waals surface area contributed by atoms with Gasteiger partial charge in [0, 0.05) is 137 Å². The van der Waals surface area contributed by atoms with Gasteiger partial charge in [0.05, 0.1) is 77.4 Å². The summed E-state index contributed by atoms with van der Waals surface area (Å²) in [6.45, 7) is 10.4. The number of benzene rings is 1. The van der Waals surface area contributed by atoms with Gasteiger partial charge in [0.1, 0.15) is 23.7 Å². The molecular formula is C63H91N19O15. The lowest BCUT2D eigenvalue weighted by Crippen LogP contribution is -2.33. The molecule has 0 atom stereocenters. The number of imidazole rings is 3. The molecule has 10 N–H and O–H groups in total. The maximum Gasteiger partial charge on any atom is 0.291 e. The molecule has 0 radical (unpaired) electrons. The van der Waals surface area contributed by atoms with Crippen LogP contribution in [-0.2, 0) is 78.1 Å². The van der Waals surface area contributed by atoms with Crippen LogP contribution in [0.15, 0.2) is 73.6 Å². The van der Waals surface area contributed by atoms with Gasteiger partial charge in [0.2, 0.25) is 35.3 Å². The summed E-state index contributed by atoms with van der Waals surface area (Å²) in [6, 6.07) is 10.1. The van der Waals surface area contributed by atoms with Gasteiger partial charge >= 0.3 is 0 Å². The molecule has 0 spiro atoms. The minimum atomic E-state index is -0.632. The highest BCUT2D eigenvalue weighted by Gasteiger charge is 2.21. The molecule has 9 amide bonds. The lowest BCUT2D eigenvalue weighted by molar-refractivity contribution is -0.121. The molecule has 5 aromatic heterocycles. The van der Waals surface area contributed by atoms with Crippen LogP contribution in [-0.4, -0.2) is 228 Å². The number of carbonyl (C=O) groups is 9. The van der Waals surface area contributed by atoms with Crippen molar-refractivity contribution in [2.45, 2.75) is 39.0 Å². The summed E-state index contributed by atoms with van der Waals surface area (Å²) >= 11 is 0. The van der Waals surface area contributed by atoms with Crippen molar-refractivity contribution in [3.05, 3.63) is 102 Å². The smallest absolute Gasteiger partial charge is 0.291 e. The minimum Gasteiger partial charge on any atom is -0.491 e. The first kappa shape index (κ1) is 76.2. The van der Waals surface area contributed by atoms with Crippen LogP contribution in [0.3, 0.4) is 0 Å². The predicted octanol–water partition coefficient (Wildman–Crippen LogP) is 1.24. The average molecular weight is 1350 g/mol. The van der Waals surface area contributed by atoms with Crippen LogP contribution in [0.25, 0.3) is 0 Å². The molecule has 0 fully saturated rings. The van der Waals surface area contributed by atoms with Crippen LogP contribution in [0.2, 0.25) is 0 Å². The summed E-state index contributed by atoms with van der Waals surface area (Å²) in [5.41, 5.74) is 1.79. The van der Waals surface area contributed by atoms with Crippen molar-refractivity contribution in [3.8, 4) is 5.75 Å². The average Bonchev–Trinajstić information content (AvgIpc) is 1.74. The molecule has 528 valence electrons. The standard InChI is InChI=1S/C63H91N19O15/c1-44(83)70-45-10-12-48(13-11-45)97-37-36-96-35-34-95-33-32-94-31-30-93-29-28-92-27-23-64-17-8-24-77(2)25-9-18-65-53(84)14-19-69-61(89)57-75-51(42-81(57)6)73-54(85)15-20-68-60(88)50-39-47(41-80(50)5)72-63(91)58-76-52(43-82(58)7)74-55(86)16-21-67-59(87)49-38-46(40-79(49)4)71-62(90)56-66-22-26-78(56)3/h10-13,22,26,38-43,64H,8-9,14-21,23-25,27-37H2,1-7H3,(H,65,84)(H,67,87)(H,68,88)(H,69,89)(H,70,83)(H,71,90)(H,72,91)(H,73,85)(H,74,86). The fourth-order valence-corrected chi connectivity index (χ4v) is 9.25. The second kappa shape index (κ2) is 41.2. The number of nitrogens with one attached hydrogen (secondary N) is 10. The zero-order valence-corrected chi connectivity index (χ0v) is 56.0. The Morgan fingerprint density at radius 1 is 0.433 bits per heavy atom. The van der Waals surface area contributed by atoms with E-state index in [1.54, 1.807) is 76.5 Å². The molecule has 5 heterocycles. The van der Waals surface area contributed by atoms with E-state index in [0.29, 0.717) is 96.3 Å². The molecule has 0 bridgehead atoms. The molecule has 6 rings (SSSR count). The maximum atomic E-state index is 13.3. The van der Waals surface area contributed by atoms with E-state index in [2.05, 4.69) is 73.0 Å². The maximum absolute atomic E-state index is 13.3. The van der Waals surface area contributed by atoms with E-state index in [1.165, 1.54) is 62.1 Å². The molecule has 34 heteroatoms. The van der Waals surface area contributed by atoms with Gasteiger partial charge in [-0.05, 0) is 75.9 Å². The number of aromatic nitrogens is 8. The van der Waals surface area contributed by atoms with Crippen molar-refractivity contribution in [1.29, 1.82) is 0 Å². The van der Waals surface area contributed by atoms with Crippen LogP contribution in [0.1, 0.15) is 91.9 Å². The van der Waals surface area contributed by atoms with Gasteiger partial charge in [-0.15, -0.1) is 0 Å². The number of hydrogen-bond acceptors (Lipinski definition) is 20.